The van der Waals surface area contributed by atoms with Crippen LogP contribution in [-0.2, 0) is 19.6 Å². The van der Waals surface area contributed by atoms with Crippen LogP contribution >= 0.6 is 11.6 Å². The predicted molar refractivity (Wildman–Crippen MR) is 103 cm³/mol. The summed E-state index contributed by atoms with van der Waals surface area (Å²) in [6.07, 6.45) is 1.01. The summed E-state index contributed by atoms with van der Waals surface area (Å²) < 4.78 is 25.1. The van der Waals surface area contributed by atoms with E-state index in [0.717, 1.165) is 10.6 Å². The highest BCUT2D eigenvalue weighted by Gasteiger charge is 2.21. The first-order chi connectivity index (χ1) is 12.1. The number of hydrogen-bond donors (Lipinski definition) is 2. The van der Waals surface area contributed by atoms with Gasteiger partial charge in [-0.3, -0.25) is 13.9 Å². The van der Waals surface area contributed by atoms with Crippen LogP contribution in [0.2, 0.25) is 5.02 Å². The SMILES string of the molecule is CC(=O)Nc1cccc(NC(=O)CN(c2cccc(Cl)c2)S(C)(=O)=O)c1. The van der Waals surface area contributed by atoms with Crippen LogP contribution in [0.15, 0.2) is 48.5 Å². The number of hydrogen-bond acceptors (Lipinski definition) is 4. The number of sulfonamides is 1. The standard InChI is InChI=1S/C17H18ClN3O4S/c1-12(22)19-14-6-4-7-15(10-14)20-17(23)11-21(26(2,24)25)16-8-3-5-13(18)9-16/h3-10H,11H2,1-2H3,(H,19,22)(H,20,23). The minimum atomic E-state index is -3.69. The summed E-state index contributed by atoms with van der Waals surface area (Å²) in [7, 11) is -3.69. The zero-order chi connectivity index (χ0) is 19.3. The highest BCUT2D eigenvalue weighted by Crippen LogP contribution is 2.22. The molecular weight excluding hydrogens is 378 g/mol. The van der Waals surface area contributed by atoms with E-state index < -0.39 is 22.5 Å². The lowest BCUT2D eigenvalue weighted by molar-refractivity contribution is -0.115. The van der Waals surface area contributed by atoms with E-state index in [1.807, 2.05) is 0 Å². The molecular formula is C17H18ClN3O4S. The number of nitrogens with zero attached hydrogens (tertiary/aromatic N) is 1. The maximum absolute atomic E-state index is 12.3. The Bertz CT molecular complexity index is 931. The molecule has 0 atom stereocenters. The lowest BCUT2D eigenvalue weighted by atomic mass is 10.2. The fraction of sp³-hybridized carbons (Fsp3) is 0.176. The second-order valence-electron chi connectivity index (χ2n) is 5.56. The van der Waals surface area contributed by atoms with Crippen molar-refractivity contribution in [2.45, 2.75) is 6.92 Å². The van der Waals surface area contributed by atoms with Gasteiger partial charge in [-0.1, -0.05) is 23.7 Å². The Labute approximate surface area is 157 Å². The van der Waals surface area contributed by atoms with Gasteiger partial charge in [-0.05, 0) is 36.4 Å². The van der Waals surface area contributed by atoms with Gasteiger partial charge in [0.1, 0.15) is 6.54 Å². The van der Waals surface area contributed by atoms with Gasteiger partial charge >= 0.3 is 0 Å². The molecule has 9 heteroatoms. The second kappa shape index (κ2) is 8.20. The molecule has 2 N–H and O–H groups in total. The molecule has 0 aliphatic carbocycles. The largest absolute Gasteiger partial charge is 0.326 e. The third kappa shape index (κ3) is 5.75. The van der Waals surface area contributed by atoms with E-state index in [1.165, 1.54) is 13.0 Å². The molecule has 0 aromatic heterocycles. The van der Waals surface area contributed by atoms with Crippen molar-refractivity contribution in [3.8, 4) is 0 Å². The van der Waals surface area contributed by atoms with Gasteiger partial charge in [-0.15, -0.1) is 0 Å². The van der Waals surface area contributed by atoms with Gasteiger partial charge in [0.2, 0.25) is 21.8 Å². The molecule has 0 aliphatic rings. The summed E-state index contributed by atoms with van der Waals surface area (Å²) in [6.45, 7) is 0.962. The summed E-state index contributed by atoms with van der Waals surface area (Å²) >= 11 is 5.91. The molecule has 2 aromatic carbocycles. The third-order valence-corrected chi connectivity index (χ3v) is 4.63. The lowest BCUT2D eigenvalue weighted by Crippen LogP contribution is -2.37. The van der Waals surface area contributed by atoms with Gasteiger partial charge in [0, 0.05) is 23.3 Å². The molecule has 2 amide bonds. The molecule has 0 radical (unpaired) electrons. The first-order valence-electron chi connectivity index (χ1n) is 7.56. The van der Waals surface area contributed by atoms with Crippen LogP contribution in [0.1, 0.15) is 6.92 Å². The van der Waals surface area contributed by atoms with E-state index in [2.05, 4.69) is 10.6 Å². The van der Waals surface area contributed by atoms with Gasteiger partial charge in [0.15, 0.2) is 0 Å². The molecule has 0 unspecified atom stereocenters. The molecule has 0 saturated carbocycles. The Kier molecular flexibility index (Phi) is 6.23. The summed E-state index contributed by atoms with van der Waals surface area (Å²) in [6, 6.07) is 12.8. The summed E-state index contributed by atoms with van der Waals surface area (Å²) in [5, 5.41) is 5.58. The van der Waals surface area contributed by atoms with Crippen molar-refractivity contribution in [1.82, 2.24) is 0 Å². The number of amides is 2. The minimum absolute atomic E-state index is 0.238. The first kappa shape index (κ1) is 19.7. The van der Waals surface area contributed by atoms with Crippen LogP contribution in [0.25, 0.3) is 0 Å². The van der Waals surface area contributed by atoms with Crippen molar-refractivity contribution < 1.29 is 18.0 Å². The quantitative estimate of drug-likeness (QED) is 0.786. The number of halogens is 1. The molecule has 2 rings (SSSR count). The molecule has 26 heavy (non-hydrogen) atoms. The van der Waals surface area contributed by atoms with Crippen molar-refractivity contribution in [3.63, 3.8) is 0 Å². The van der Waals surface area contributed by atoms with Crippen molar-refractivity contribution in [2.75, 3.05) is 27.7 Å². The molecule has 0 heterocycles. The molecule has 0 saturated heterocycles. The van der Waals surface area contributed by atoms with Gasteiger partial charge in [-0.2, -0.15) is 0 Å². The Morgan fingerprint density at radius 2 is 1.65 bits per heavy atom. The Morgan fingerprint density at radius 1 is 1.04 bits per heavy atom. The highest BCUT2D eigenvalue weighted by atomic mass is 35.5. The number of carbonyl (C=O) groups is 2. The fourth-order valence-electron chi connectivity index (χ4n) is 2.24. The number of carbonyl (C=O) groups excluding carboxylic acids is 2. The first-order valence-corrected chi connectivity index (χ1v) is 9.78. The monoisotopic (exact) mass is 395 g/mol. The Hall–Kier alpha value is -2.58. The topological polar surface area (TPSA) is 95.6 Å². The summed E-state index contributed by atoms with van der Waals surface area (Å²) in [5.41, 5.74) is 1.24. The zero-order valence-corrected chi connectivity index (χ0v) is 15.8. The highest BCUT2D eigenvalue weighted by molar-refractivity contribution is 7.92. The van der Waals surface area contributed by atoms with E-state index in [1.54, 1.807) is 42.5 Å². The van der Waals surface area contributed by atoms with Crippen LogP contribution in [0.4, 0.5) is 17.1 Å². The van der Waals surface area contributed by atoms with Crippen molar-refractivity contribution in [2.24, 2.45) is 0 Å². The molecule has 0 spiro atoms. The molecule has 138 valence electrons. The van der Waals surface area contributed by atoms with Gasteiger partial charge in [0.25, 0.3) is 0 Å². The van der Waals surface area contributed by atoms with Crippen LogP contribution < -0.4 is 14.9 Å². The van der Waals surface area contributed by atoms with Crippen LogP contribution in [0.5, 0.6) is 0 Å². The maximum Gasteiger partial charge on any atom is 0.245 e. The Morgan fingerprint density at radius 3 is 2.23 bits per heavy atom. The van der Waals surface area contributed by atoms with Crippen LogP contribution in [0.3, 0.4) is 0 Å². The van der Waals surface area contributed by atoms with Crippen LogP contribution in [-0.4, -0.2) is 33.0 Å². The molecule has 2 aromatic rings. The van der Waals surface area contributed by atoms with E-state index in [4.69, 9.17) is 11.6 Å². The fourth-order valence-corrected chi connectivity index (χ4v) is 3.27. The van der Waals surface area contributed by atoms with E-state index in [-0.39, 0.29) is 5.91 Å². The molecule has 0 bridgehead atoms. The van der Waals surface area contributed by atoms with Gasteiger partial charge in [0.05, 0.1) is 11.9 Å². The third-order valence-electron chi connectivity index (χ3n) is 3.25. The van der Waals surface area contributed by atoms with Crippen molar-refractivity contribution in [3.05, 3.63) is 53.6 Å². The molecule has 7 nitrogen and oxygen atoms in total. The normalized spacial score (nSPS) is 10.9. The van der Waals surface area contributed by atoms with E-state index in [0.29, 0.717) is 22.1 Å². The number of nitrogens with one attached hydrogen (secondary N) is 2. The summed E-state index contributed by atoms with van der Waals surface area (Å²) in [4.78, 5) is 23.4. The molecule has 0 fully saturated rings. The maximum atomic E-state index is 12.3. The minimum Gasteiger partial charge on any atom is -0.326 e. The van der Waals surface area contributed by atoms with E-state index in [9.17, 15) is 18.0 Å². The zero-order valence-electron chi connectivity index (χ0n) is 14.2. The second-order valence-corrected chi connectivity index (χ2v) is 7.90. The number of rotatable bonds is 6. The summed E-state index contributed by atoms with van der Waals surface area (Å²) in [5.74, 6) is -0.770. The molecule has 0 aliphatic heterocycles. The van der Waals surface area contributed by atoms with Crippen molar-refractivity contribution >= 4 is 50.5 Å². The average Bonchev–Trinajstić information content (AvgIpc) is 2.51. The smallest absolute Gasteiger partial charge is 0.245 e. The van der Waals surface area contributed by atoms with Crippen LogP contribution in [0, 0.1) is 0 Å². The number of benzene rings is 2. The van der Waals surface area contributed by atoms with Crippen molar-refractivity contribution in [1.29, 1.82) is 0 Å². The number of anilines is 3. The van der Waals surface area contributed by atoms with Gasteiger partial charge in [-0.25, -0.2) is 8.42 Å². The average molecular weight is 396 g/mol. The van der Waals surface area contributed by atoms with Gasteiger partial charge < -0.3 is 10.6 Å². The Balaban J connectivity index is 2.17. The van der Waals surface area contributed by atoms with E-state index >= 15 is 0 Å². The lowest BCUT2D eigenvalue weighted by Gasteiger charge is -2.22. The predicted octanol–water partition coefficient (Wildman–Crippen LogP) is 2.70.